The Bertz CT molecular complexity index is 562. The second-order valence-electron chi connectivity index (χ2n) is 4.79. The topological polar surface area (TPSA) is 92.4 Å². The van der Waals surface area contributed by atoms with Crippen LogP contribution in [-0.4, -0.2) is 26.2 Å². The zero-order valence-electron chi connectivity index (χ0n) is 10.3. The van der Waals surface area contributed by atoms with Crippen LogP contribution in [0.15, 0.2) is 23.1 Å². The minimum Gasteiger partial charge on any atom is -0.396 e. The maximum Gasteiger partial charge on any atom is 0.240 e. The Kier molecular flexibility index (Phi) is 4.07. The molecule has 2 atom stereocenters. The van der Waals surface area contributed by atoms with Crippen LogP contribution < -0.4 is 10.5 Å². The second kappa shape index (κ2) is 5.44. The fourth-order valence-electron chi connectivity index (χ4n) is 2.24. The number of rotatable bonds is 4. The van der Waals surface area contributed by atoms with Gasteiger partial charge in [0.15, 0.2) is 0 Å². The van der Waals surface area contributed by atoms with E-state index in [0.717, 1.165) is 25.0 Å². The van der Waals surface area contributed by atoms with E-state index in [9.17, 15) is 17.9 Å². The van der Waals surface area contributed by atoms with Crippen molar-refractivity contribution in [2.75, 3.05) is 12.3 Å². The molecule has 19 heavy (non-hydrogen) atoms. The highest BCUT2D eigenvalue weighted by Crippen LogP contribution is 2.25. The van der Waals surface area contributed by atoms with Crippen LogP contribution in [0.5, 0.6) is 0 Å². The summed E-state index contributed by atoms with van der Waals surface area (Å²) in [6.45, 7) is 0.181. The summed E-state index contributed by atoms with van der Waals surface area (Å²) in [6, 6.07) is 3.27. The summed E-state index contributed by atoms with van der Waals surface area (Å²) in [5.41, 5.74) is 5.15. The molecule has 2 unspecified atom stereocenters. The molecular formula is C12H17FN2O3S. The molecule has 2 rings (SSSR count). The van der Waals surface area contributed by atoms with Crippen LogP contribution in [0.4, 0.5) is 10.1 Å². The maximum atomic E-state index is 13.0. The lowest BCUT2D eigenvalue weighted by molar-refractivity contribution is 0.134. The number of aliphatic hydroxyl groups excluding tert-OH is 1. The zero-order valence-corrected chi connectivity index (χ0v) is 11.2. The van der Waals surface area contributed by atoms with Crippen molar-refractivity contribution >= 4 is 15.7 Å². The van der Waals surface area contributed by atoms with Gasteiger partial charge in [0, 0.05) is 6.54 Å². The Balaban J connectivity index is 2.07. The summed E-state index contributed by atoms with van der Waals surface area (Å²) in [5.74, 6) is -0.710. The van der Waals surface area contributed by atoms with E-state index in [1.807, 2.05) is 0 Å². The summed E-state index contributed by atoms with van der Waals surface area (Å²) in [7, 11) is -3.72. The number of halogens is 1. The molecular weight excluding hydrogens is 271 g/mol. The standard InChI is InChI=1S/C12H17FN2O3S/c13-10-5-4-9(6-11(10)14)19(17,18)15-7-8-2-1-3-12(8)16/h4-6,8,12,15-16H,1-3,7,14H2. The van der Waals surface area contributed by atoms with Crippen molar-refractivity contribution in [2.24, 2.45) is 5.92 Å². The molecule has 0 aromatic heterocycles. The van der Waals surface area contributed by atoms with Gasteiger partial charge < -0.3 is 10.8 Å². The molecule has 1 saturated carbocycles. The molecule has 0 aliphatic heterocycles. The minimum absolute atomic E-state index is 0.0624. The highest BCUT2D eigenvalue weighted by Gasteiger charge is 2.27. The number of aliphatic hydroxyl groups is 1. The van der Waals surface area contributed by atoms with E-state index in [1.54, 1.807) is 0 Å². The maximum absolute atomic E-state index is 13.0. The van der Waals surface area contributed by atoms with E-state index in [4.69, 9.17) is 5.73 Å². The van der Waals surface area contributed by atoms with Crippen molar-refractivity contribution in [1.82, 2.24) is 4.72 Å². The largest absolute Gasteiger partial charge is 0.396 e. The van der Waals surface area contributed by atoms with Gasteiger partial charge in [-0.15, -0.1) is 0 Å². The van der Waals surface area contributed by atoms with Gasteiger partial charge in [0.25, 0.3) is 0 Å². The van der Waals surface area contributed by atoms with E-state index in [0.29, 0.717) is 6.42 Å². The van der Waals surface area contributed by atoms with E-state index >= 15 is 0 Å². The molecule has 0 radical (unpaired) electrons. The summed E-state index contributed by atoms with van der Waals surface area (Å²) in [4.78, 5) is -0.0705. The number of nitrogen functional groups attached to an aromatic ring is 1. The van der Waals surface area contributed by atoms with Crippen LogP contribution in [0.3, 0.4) is 0 Å². The fourth-order valence-corrected chi connectivity index (χ4v) is 3.37. The molecule has 1 aliphatic carbocycles. The first-order chi connectivity index (χ1) is 8.90. The van der Waals surface area contributed by atoms with Gasteiger partial charge in [0.2, 0.25) is 10.0 Å². The first kappa shape index (κ1) is 14.2. The Morgan fingerprint density at radius 2 is 2.16 bits per heavy atom. The number of hydrogen-bond donors (Lipinski definition) is 3. The van der Waals surface area contributed by atoms with Crippen molar-refractivity contribution in [3.63, 3.8) is 0 Å². The quantitative estimate of drug-likeness (QED) is 0.716. The van der Waals surface area contributed by atoms with Crippen molar-refractivity contribution in [3.8, 4) is 0 Å². The average molecular weight is 288 g/mol. The van der Waals surface area contributed by atoms with Crippen LogP contribution in [0.1, 0.15) is 19.3 Å². The zero-order chi connectivity index (χ0) is 14.0. The summed E-state index contributed by atoms with van der Waals surface area (Å²) < 4.78 is 39.4. The third kappa shape index (κ3) is 3.23. The van der Waals surface area contributed by atoms with Gasteiger partial charge >= 0.3 is 0 Å². The number of anilines is 1. The van der Waals surface area contributed by atoms with Crippen molar-refractivity contribution in [2.45, 2.75) is 30.3 Å². The molecule has 0 amide bonds. The molecule has 1 aliphatic rings. The Hall–Kier alpha value is -1.18. The number of nitrogens with two attached hydrogens (primary N) is 1. The van der Waals surface area contributed by atoms with Gasteiger partial charge in [-0.2, -0.15) is 0 Å². The average Bonchev–Trinajstić information content (AvgIpc) is 2.76. The van der Waals surface area contributed by atoms with E-state index in [2.05, 4.69) is 4.72 Å². The fraction of sp³-hybridized carbons (Fsp3) is 0.500. The summed E-state index contributed by atoms with van der Waals surface area (Å²) in [5, 5.41) is 9.63. The van der Waals surface area contributed by atoms with Crippen molar-refractivity contribution in [1.29, 1.82) is 0 Å². The molecule has 0 heterocycles. The molecule has 106 valence electrons. The molecule has 1 aromatic rings. The summed E-state index contributed by atoms with van der Waals surface area (Å²) >= 11 is 0. The highest BCUT2D eigenvalue weighted by atomic mass is 32.2. The monoisotopic (exact) mass is 288 g/mol. The van der Waals surface area contributed by atoms with Crippen molar-refractivity contribution in [3.05, 3.63) is 24.0 Å². The Labute approximate surface area is 111 Å². The molecule has 0 spiro atoms. The first-order valence-corrected chi connectivity index (χ1v) is 7.61. The molecule has 7 heteroatoms. The lowest BCUT2D eigenvalue weighted by atomic mass is 10.1. The smallest absolute Gasteiger partial charge is 0.240 e. The first-order valence-electron chi connectivity index (χ1n) is 6.13. The molecule has 1 aromatic carbocycles. The predicted octanol–water partition coefficient (Wildman–Crippen LogP) is 0.847. The third-order valence-corrected chi connectivity index (χ3v) is 4.85. The lowest BCUT2D eigenvalue weighted by Crippen LogP contribution is -2.32. The van der Waals surface area contributed by atoms with Crippen LogP contribution in [-0.2, 0) is 10.0 Å². The van der Waals surface area contributed by atoms with Crippen molar-refractivity contribution < 1.29 is 17.9 Å². The molecule has 0 saturated heterocycles. The third-order valence-electron chi connectivity index (χ3n) is 3.43. The SMILES string of the molecule is Nc1cc(S(=O)(=O)NCC2CCCC2O)ccc1F. The second-order valence-corrected chi connectivity index (χ2v) is 6.56. The Morgan fingerprint density at radius 1 is 1.42 bits per heavy atom. The number of hydrogen-bond acceptors (Lipinski definition) is 4. The summed E-state index contributed by atoms with van der Waals surface area (Å²) in [6.07, 6.45) is 1.95. The van der Waals surface area contributed by atoms with Crippen LogP contribution in [0, 0.1) is 11.7 Å². The van der Waals surface area contributed by atoms with Crippen LogP contribution in [0.2, 0.25) is 0 Å². The molecule has 5 nitrogen and oxygen atoms in total. The minimum atomic E-state index is -3.72. The normalized spacial score (nSPS) is 23.7. The predicted molar refractivity (Wildman–Crippen MR) is 69.3 cm³/mol. The van der Waals surface area contributed by atoms with Gasteiger partial charge in [-0.05, 0) is 37.0 Å². The molecule has 4 N–H and O–H groups in total. The molecule has 0 bridgehead atoms. The van der Waals surface area contributed by atoms with Crippen LogP contribution in [0.25, 0.3) is 0 Å². The van der Waals surface area contributed by atoms with Gasteiger partial charge in [-0.3, -0.25) is 0 Å². The Morgan fingerprint density at radius 3 is 2.74 bits per heavy atom. The number of sulfonamides is 1. The molecule has 1 fully saturated rings. The van der Waals surface area contributed by atoms with E-state index in [1.165, 1.54) is 6.07 Å². The van der Waals surface area contributed by atoms with E-state index in [-0.39, 0.29) is 23.0 Å². The van der Waals surface area contributed by atoms with Crippen LogP contribution >= 0.6 is 0 Å². The van der Waals surface area contributed by atoms with Gasteiger partial charge in [-0.1, -0.05) is 6.42 Å². The number of nitrogens with one attached hydrogen (secondary N) is 1. The van der Waals surface area contributed by atoms with Gasteiger partial charge in [-0.25, -0.2) is 17.5 Å². The lowest BCUT2D eigenvalue weighted by Gasteiger charge is -2.15. The van der Waals surface area contributed by atoms with Gasteiger partial charge in [0.05, 0.1) is 16.7 Å². The number of benzene rings is 1. The highest BCUT2D eigenvalue weighted by molar-refractivity contribution is 7.89. The van der Waals surface area contributed by atoms with E-state index < -0.39 is 21.9 Å². The van der Waals surface area contributed by atoms with Gasteiger partial charge in [0.1, 0.15) is 5.82 Å².